The molecule has 2 aromatic heterocycles. The summed E-state index contributed by atoms with van der Waals surface area (Å²) in [4.78, 5) is 25.2. The molecule has 12 heteroatoms. The summed E-state index contributed by atoms with van der Waals surface area (Å²) in [5.74, 6) is -4.45. The van der Waals surface area contributed by atoms with Gasteiger partial charge in [-0.3, -0.25) is 9.36 Å². The Morgan fingerprint density at radius 3 is 2.50 bits per heavy atom. The van der Waals surface area contributed by atoms with E-state index in [4.69, 9.17) is 5.73 Å². The Hall–Kier alpha value is -2.89. The minimum atomic E-state index is -2.64. The molecular formula is C20H20F4N6OS. The molecule has 1 fully saturated rings. The standard InChI is InChI=1S/C20H20F4N6OS/c1-9(2)30-17-14(7-26-19(25)28-17)27-15(18(30)31)11-3-12(21)16(13(22)4-11)29-32-8-10-5-20(23,24)6-10/h3-4,7,9-10,29H,5-6,8H2,1-2H3,(H2,25,26,28). The molecule has 1 saturated carbocycles. The number of aromatic nitrogens is 4. The molecule has 2 heterocycles. The van der Waals surface area contributed by atoms with Crippen molar-refractivity contribution < 1.29 is 17.6 Å². The van der Waals surface area contributed by atoms with E-state index in [1.165, 1.54) is 10.8 Å². The molecule has 0 bridgehead atoms. The van der Waals surface area contributed by atoms with Crippen LogP contribution in [0.4, 0.5) is 29.2 Å². The lowest BCUT2D eigenvalue weighted by Gasteiger charge is -2.34. The van der Waals surface area contributed by atoms with Gasteiger partial charge in [0, 0.05) is 30.2 Å². The van der Waals surface area contributed by atoms with Crippen molar-refractivity contribution in [2.45, 2.75) is 38.7 Å². The van der Waals surface area contributed by atoms with E-state index in [0.29, 0.717) is 5.75 Å². The maximum Gasteiger partial charge on any atom is 0.278 e. The summed E-state index contributed by atoms with van der Waals surface area (Å²) in [6.45, 7) is 3.51. The lowest BCUT2D eigenvalue weighted by Crippen LogP contribution is -2.36. The van der Waals surface area contributed by atoms with Crippen LogP contribution < -0.4 is 16.0 Å². The summed E-state index contributed by atoms with van der Waals surface area (Å²) < 4.78 is 59.1. The maximum absolute atomic E-state index is 14.7. The summed E-state index contributed by atoms with van der Waals surface area (Å²) in [6, 6.07) is 1.68. The van der Waals surface area contributed by atoms with Gasteiger partial charge in [0.05, 0.1) is 6.20 Å². The largest absolute Gasteiger partial charge is 0.368 e. The highest BCUT2D eigenvalue weighted by molar-refractivity contribution is 8.00. The number of nitrogen functional groups attached to an aromatic ring is 1. The zero-order valence-electron chi connectivity index (χ0n) is 17.2. The number of rotatable bonds is 6. The third-order valence-electron chi connectivity index (χ3n) is 5.15. The number of alkyl halides is 2. The van der Waals surface area contributed by atoms with Crippen molar-refractivity contribution in [3.63, 3.8) is 0 Å². The van der Waals surface area contributed by atoms with Gasteiger partial charge in [0.2, 0.25) is 11.9 Å². The highest BCUT2D eigenvalue weighted by Crippen LogP contribution is 2.43. The van der Waals surface area contributed by atoms with Crippen molar-refractivity contribution >= 4 is 34.7 Å². The highest BCUT2D eigenvalue weighted by Gasteiger charge is 2.44. The van der Waals surface area contributed by atoms with Gasteiger partial charge in [-0.1, -0.05) is 11.9 Å². The van der Waals surface area contributed by atoms with E-state index in [1.807, 2.05) is 0 Å². The van der Waals surface area contributed by atoms with E-state index < -0.39 is 28.8 Å². The molecule has 1 aromatic carbocycles. The van der Waals surface area contributed by atoms with Gasteiger partial charge < -0.3 is 10.5 Å². The molecule has 0 radical (unpaired) electrons. The van der Waals surface area contributed by atoms with Crippen LogP contribution >= 0.6 is 11.9 Å². The van der Waals surface area contributed by atoms with Gasteiger partial charge in [-0.25, -0.2) is 27.5 Å². The predicted octanol–water partition coefficient (Wildman–Crippen LogP) is 4.40. The average Bonchev–Trinajstić information content (AvgIpc) is 2.67. The fraction of sp³-hybridized carbons (Fsp3) is 0.400. The number of fused-ring (bicyclic) bond motifs is 1. The van der Waals surface area contributed by atoms with Crippen molar-refractivity contribution in [2.24, 2.45) is 5.92 Å². The molecule has 0 spiro atoms. The number of nitrogens with two attached hydrogens (primary N) is 1. The molecule has 1 aliphatic rings. The molecule has 3 aromatic rings. The van der Waals surface area contributed by atoms with Crippen LogP contribution in [-0.4, -0.2) is 31.2 Å². The zero-order chi connectivity index (χ0) is 23.2. The van der Waals surface area contributed by atoms with Crippen LogP contribution in [0.3, 0.4) is 0 Å². The molecule has 32 heavy (non-hydrogen) atoms. The third kappa shape index (κ3) is 4.23. The first kappa shape index (κ1) is 22.3. The Balaban J connectivity index is 1.65. The van der Waals surface area contributed by atoms with Crippen LogP contribution in [0, 0.1) is 17.6 Å². The number of nitrogens with one attached hydrogen (secondary N) is 1. The topological polar surface area (TPSA) is 98.7 Å². The summed E-state index contributed by atoms with van der Waals surface area (Å²) in [5.41, 5.74) is 4.89. The van der Waals surface area contributed by atoms with Crippen LogP contribution in [0.2, 0.25) is 0 Å². The Kier molecular flexibility index (Phi) is 5.74. The summed E-state index contributed by atoms with van der Waals surface area (Å²) >= 11 is 0.961. The number of hydrogen-bond acceptors (Lipinski definition) is 7. The van der Waals surface area contributed by atoms with E-state index >= 15 is 0 Å². The quantitative estimate of drug-likeness (QED) is 0.409. The molecule has 0 amide bonds. The molecular weight excluding hydrogens is 448 g/mol. The van der Waals surface area contributed by atoms with Crippen LogP contribution in [0.15, 0.2) is 23.1 Å². The second-order valence-electron chi connectivity index (χ2n) is 8.02. The van der Waals surface area contributed by atoms with Gasteiger partial charge in [0.1, 0.15) is 16.9 Å². The van der Waals surface area contributed by atoms with Gasteiger partial charge in [0.15, 0.2) is 17.3 Å². The van der Waals surface area contributed by atoms with Gasteiger partial charge in [-0.05, 0) is 31.9 Å². The van der Waals surface area contributed by atoms with Gasteiger partial charge in [-0.15, -0.1) is 0 Å². The molecule has 3 N–H and O–H groups in total. The number of benzene rings is 1. The van der Waals surface area contributed by atoms with Gasteiger partial charge in [0.25, 0.3) is 5.56 Å². The molecule has 0 aliphatic heterocycles. The molecule has 7 nitrogen and oxygen atoms in total. The number of halogens is 4. The van der Waals surface area contributed by atoms with Gasteiger partial charge >= 0.3 is 0 Å². The molecule has 0 unspecified atom stereocenters. The molecule has 170 valence electrons. The van der Waals surface area contributed by atoms with Crippen molar-refractivity contribution in [3.05, 3.63) is 40.3 Å². The second-order valence-corrected chi connectivity index (χ2v) is 8.85. The van der Waals surface area contributed by atoms with Crippen LogP contribution in [0.5, 0.6) is 0 Å². The summed E-state index contributed by atoms with van der Waals surface area (Å²) in [7, 11) is 0. The molecule has 0 atom stereocenters. The SMILES string of the molecule is CC(C)n1c(=O)c(-c2cc(F)c(NSCC3CC(F)(F)C3)c(F)c2)nc2cnc(N)nc21. The zero-order valence-corrected chi connectivity index (χ0v) is 18.0. The lowest BCUT2D eigenvalue weighted by atomic mass is 9.83. The monoisotopic (exact) mass is 468 g/mol. The lowest BCUT2D eigenvalue weighted by molar-refractivity contribution is -0.103. The van der Waals surface area contributed by atoms with E-state index in [2.05, 4.69) is 19.7 Å². The first-order valence-electron chi connectivity index (χ1n) is 9.85. The smallest absolute Gasteiger partial charge is 0.278 e. The highest BCUT2D eigenvalue weighted by atomic mass is 32.2. The molecule has 1 aliphatic carbocycles. The summed E-state index contributed by atoms with van der Waals surface area (Å²) in [5, 5.41) is 0. The van der Waals surface area contributed by atoms with Crippen LogP contribution in [0.1, 0.15) is 32.7 Å². The third-order valence-corrected chi connectivity index (χ3v) is 6.14. The van der Waals surface area contributed by atoms with Gasteiger partial charge in [-0.2, -0.15) is 4.98 Å². The first-order chi connectivity index (χ1) is 15.1. The minimum absolute atomic E-state index is 0.0310. The Labute approximate surface area is 184 Å². The summed E-state index contributed by atoms with van der Waals surface area (Å²) in [6.07, 6.45) is 0.885. The Morgan fingerprint density at radius 2 is 1.91 bits per heavy atom. The van der Waals surface area contributed by atoms with E-state index in [1.54, 1.807) is 13.8 Å². The maximum atomic E-state index is 14.7. The Bertz CT molecular complexity index is 1220. The Morgan fingerprint density at radius 1 is 1.25 bits per heavy atom. The van der Waals surface area contributed by atoms with E-state index in [-0.39, 0.29) is 53.2 Å². The van der Waals surface area contributed by atoms with E-state index in [9.17, 15) is 22.4 Å². The molecule has 4 rings (SSSR count). The fourth-order valence-corrected chi connectivity index (χ4v) is 4.52. The van der Waals surface area contributed by atoms with Crippen LogP contribution in [-0.2, 0) is 0 Å². The van der Waals surface area contributed by atoms with Crippen molar-refractivity contribution in [1.29, 1.82) is 0 Å². The van der Waals surface area contributed by atoms with Crippen molar-refractivity contribution in [1.82, 2.24) is 19.5 Å². The fourth-order valence-electron chi connectivity index (χ4n) is 3.62. The van der Waals surface area contributed by atoms with Crippen molar-refractivity contribution in [2.75, 3.05) is 16.2 Å². The minimum Gasteiger partial charge on any atom is -0.368 e. The predicted molar refractivity (Wildman–Crippen MR) is 115 cm³/mol. The normalized spacial score (nSPS) is 15.8. The average molecular weight is 468 g/mol. The first-order valence-corrected chi connectivity index (χ1v) is 10.8. The van der Waals surface area contributed by atoms with Crippen LogP contribution in [0.25, 0.3) is 22.4 Å². The second kappa shape index (κ2) is 8.23. The number of nitrogens with zero attached hydrogens (tertiary/aromatic N) is 4. The van der Waals surface area contributed by atoms with E-state index in [0.717, 1.165) is 24.1 Å². The van der Waals surface area contributed by atoms with Crippen molar-refractivity contribution in [3.8, 4) is 11.3 Å². The number of anilines is 2. The molecule has 0 saturated heterocycles. The number of hydrogen-bond donors (Lipinski definition) is 2.